The number of ether oxygens (including phenoxy) is 3. The number of aromatic nitrogens is 2. The minimum Gasteiger partial charge on any atom is -0.482 e. The lowest BCUT2D eigenvalue weighted by atomic mass is 10.1. The standard InChI is InChI=1S/C33H39F2N5O7/c1-20(24-17-23(34)9-10-25(24)35)45-26-16-22(21-8-11-27(36-18-21)38-12-14-39(15-13-38)29(41)42)19-37-28(26)40(30(43)46-32(2,3)4)31(44)47-33(5,6)7/h8-11,16-20H,12-15H2,1-7H3,(H,41,42). The fraction of sp³-hybridized carbons (Fsp3) is 0.424. The van der Waals surface area contributed by atoms with Gasteiger partial charge in [0, 0.05) is 55.3 Å². The van der Waals surface area contributed by atoms with Crippen LogP contribution in [0.15, 0.2) is 48.8 Å². The van der Waals surface area contributed by atoms with Gasteiger partial charge in [-0.25, -0.2) is 33.1 Å². The van der Waals surface area contributed by atoms with Crippen molar-refractivity contribution in [3.63, 3.8) is 0 Å². The number of piperazine rings is 1. The highest BCUT2D eigenvalue weighted by atomic mass is 19.1. The van der Waals surface area contributed by atoms with Crippen molar-refractivity contribution in [2.45, 2.75) is 65.8 Å². The van der Waals surface area contributed by atoms with Crippen molar-refractivity contribution in [3.05, 3.63) is 66.0 Å². The summed E-state index contributed by atoms with van der Waals surface area (Å²) in [6.07, 6.45) is -1.24. The summed E-state index contributed by atoms with van der Waals surface area (Å²) in [5.74, 6) is -1.16. The number of imide groups is 1. The summed E-state index contributed by atoms with van der Waals surface area (Å²) in [7, 11) is 0. The van der Waals surface area contributed by atoms with E-state index in [1.165, 1.54) is 24.1 Å². The van der Waals surface area contributed by atoms with Crippen LogP contribution in [0.1, 0.15) is 60.1 Å². The predicted octanol–water partition coefficient (Wildman–Crippen LogP) is 7.04. The molecule has 0 saturated carbocycles. The van der Waals surface area contributed by atoms with Crippen LogP contribution in [0.3, 0.4) is 0 Å². The van der Waals surface area contributed by atoms with Gasteiger partial charge >= 0.3 is 18.3 Å². The van der Waals surface area contributed by atoms with Gasteiger partial charge in [0.15, 0.2) is 11.6 Å². The normalized spacial score (nSPS) is 14.3. The molecule has 3 aromatic rings. The van der Waals surface area contributed by atoms with E-state index in [0.29, 0.717) is 48.0 Å². The van der Waals surface area contributed by atoms with Gasteiger partial charge in [-0.15, -0.1) is 0 Å². The molecule has 14 heteroatoms. The van der Waals surface area contributed by atoms with Gasteiger partial charge in [-0.3, -0.25) is 0 Å². The molecule has 2 aromatic heterocycles. The Morgan fingerprint density at radius 1 is 0.851 bits per heavy atom. The van der Waals surface area contributed by atoms with Crippen LogP contribution >= 0.6 is 0 Å². The predicted molar refractivity (Wildman–Crippen MR) is 170 cm³/mol. The van der Waals surface area contributed by atoms with Gasteiger partial charge in [0.05, 0.1) is 0 Å². The van der Waals surface area contributed by atoms with Crippen LogP contribution in [0.25, 0.3) is 11.1 Å². The summed E-state index contributed by atoms with van der Waals surface area (Å²) < 4.78 is 45.9. The van der Waals surface area contributed by atoms with Gasteiger partial charge in [0.25, 0.3) is 0 Å². The number of benzene rings is 1. The van der Waals surface area contributed by atoms with Crippen LogP contribution in [0, 0.1) is 11.6 Å². The smallest absolute Gasteiger partial charge is 0.425 e. The number of anilines is 2. The minimum absolute atomic E-state index is 0.101. The maximum atomic E-state index is 14.7. The zero-order valence-corrected chi connectivity index (χ0v) is 27.4. The molecule has 1 atom stereocenters. The Hall–Kier alpha value is -5.01. The summed E-state index contributed by atoms with van der Waals surface area (Å²) in [5.41, 5.74) is -1.03. The number of halogens is 2. The Kier molecular flexibility index (Phi) is 10.2. The zero-order chi connectivity index (χ0) is 34.7. The maximum absolute atomic E-state index is 14.7. The first-order chi connectivity index (χ1) is 21.9. The molecule has 1 N–H and O–H groups in total. The molecule has 4 rings (SSSR count). The molecular weight excluding hydrogens is 616 g/mol. The molecule has 0 bridgehead atoms. The van der Waals surface area contributed by atoms with E-state index in [-0.39, 0.29) is 17.1 Å². The Labute approximate surface area is 271 Å². The molecule has 3 amide bonds. The number of nitrogens with zero attached hydrogens (tertiary/aromatic N) is 5. The fourth-order valence-corrected chi connectivity index (χ4v) is 4.66. The average Bonchev–Trinajstić information content (AvgIpc) is 2.97. The number of carboxylic acid groups (broad SMARTS) is 1. The van der Waals surface area contributed by atoms with E-state index in [1.807, 2.05) is 4.90 Å². The van der Waals surface area contributed by atoms with Crippen molar-refractivity contribution in [3.8, 4) is 16.9 Å². The third-order valence-electron chi connectivity index (χ3n) is 6.85. The van der Waals surface area contributed by atoms with Crippen molar-refractivity contribution in [2.75, 3.05) is 36.0 Å². The third-order valence-corrected chi connectivity index (χ3v) is 6.85. The molecule has 1 aromatic carbocycles. The molecule has 1 aliphatic heterocycles. The van der Waals surface area contributed by atoms with E-state index >= 15 is 0 Å². The maximum Gasteiger partial charge on any atom is 0.425 e. The Morgan fingerprint density at radius 3 is 1.98 bits per heavy atom. The monoisotopic (exact) mass is 655 g/mol. The first-order valence-electron chi connectivity index (χ1n) is 15.0. The molecule has 3 heterocycles. The second-order valence-corrected chi connectivity index (χ2v) is 12.9. The molecule has 47 heavy (non-hydrogen) atoms. The second-order valence-electron chi connectivity index (χ2n) is 12.9. The number of hydrogen-bond donors (Lipinski definition) is 1. The lowest BCUT2D eigenvalue weighted by Gasteiger charge is -2.33. The molecule has 252 valence electrons. The third kappa shape index (κ3) is 9.05. The fourth-order valence-electron chi connectivity index (χ4n) is 4.66. The molecule has 1 aliphatic rings. The summed E-state index contributed by atoms with van der Waals surface area (Å²) in [6.45, 7) is 12.9. The van der Waals surface area contributed by atoms with Crippen molar-refractivity contribution in [1.82, 2.24) is 14.9 Å². The van der Waals surface area contributed by atoms with Crippen LogP contribution in [0.4, 0.5) is 34.8 Å². The van der Waals surface area contributed by atoms with Crippen LogP contribution in [-0.2, 0) is 9.47 Å². The number of amides is 3. The van der Waals surface area contributed by atoms with Gasteiger partial charge in [0.1, 0.15) is 34.8 Å². The number of rotatable bonds is 6. The van der Waals surface area contributed by atoms with Crippen LogP contribution in [0.5, 0.6) is 5.75 Å². The van der Waals surface area contributed by atoms with Gasteiger partial charge in [0.2, 0.25) is 0 Å². The topological polar surface area (TPSA) is 135 Å². The lowest BCUT2D eigenvalue weighted by Crippen LogP contribution is -2.48. The van der Waals surface area contributed by atoms with E-state index in [2.05, 4.69) is 9.97 Å². The molecule has 0 spiro atoms. The van der Waals surface area contributed by atoms with Gasteiger partial charge in [-0.2, -0.15) is 4.90 Å². The van der Waals surface area contributed by atoms with E-state index in [4.69, 9.17) is 14.2 Å². The number of carbonyl (C=O) groups excluding carboxylic acids is 2. The van der Waals surface area contributed by atoms with Gasteiger partial charge < -0.3 is 29.1 Å². The summed E-state index contributed by atoms with van der Waals surface area (Å²) in [4.78, 5) is 51.0. The molecule has 1 saturated heterocycles. The molecule has 1 unspecified atom stereocenters. The number of hydrogen-bond acceptors (Lipinski definition) is 9. The van der Waals surface area contributed by atoms with Crippen molar-refractivity contribution < 1.29 is 42.5 Å². The highest BCUT2D eigenvalue weighted by molar-refractivity contribution is 6.09. The molecule has 12 nitrogen and oxygen atoms in total. The van der Waals surface area contributed by atoms with Gasteiger partial charge in [-0.1, -0.05) is 0 Å². The molecule has 1 fully saturated rings. The largest absolute Gasteiger partial charge is 0.482 e. The zero-order valence-electron chi connectivity index (χ0n) is 27.4. The summed E-state index contributed by atoms with van der Waals surface area (Å²) in [5, 5.41) is 9.22. The quantitative estimate of drug-likeness (QED) is 0.295. The van der Waals surface area contributed by atoms with E-state index < -0.39 is 47.2 Å². The van der Waals surface area contributed by atoms with Crippen LogP contribution in [-0.4, -0.2) is 75.6 Å². The summed E-state index contributed by atoms with van der Waals surface area (Å²) in [6, 6.07) is 8.01. The first kappa shape index (κ1) is 34.9. The van der Waals surface area contributed by atoms with Crippen molar-refractivity contribution >= 4 is 29.9 Å². The molecule has 0 aliphatic carbocycles. The Morgan fingerprint density at radius 2 is 1.45 bits per heavy atom. The van der Waals surface area contributed by atoms with Gasteiger partial charge in [-0.05, 0) is 84.9 Å². The SMILES string of the molecule is CC(Oc1cc(-c2ccc(N3CCN(C(=O)O)CC3)nc2)cnc1N(C(=O)OC(C)(C)C)C(=O)OC(C)(C)C)c1cc(F)ccc1F. The first-order valence-corrected chi connectivity index (χ1v) is 15.0. The lowest BCUT2D eigenvalue weighted by molar-refractivity contribution is 0.0426. The minimum atomic E-state index is -1.09. The second kappa shape index (κ2) is 13.8. The molecule has 0 radical (unpaired) electrons. The summed E-state index contributed by atoms with van der Waals surface area (Å²) >= 11 is 0. The van der Waals surface area contributed by atoms with Crippen LogP contribution in [0.2, 0.25) is 0 Å². The van der Waals surface area contributed by atoms with E-state index in [9.17, 15) is 28.3 Å². The van der Waals surface area contributed by atoms with E-state index in [1.54, 1.807) is 59.9 Å². The van der Waals surface area contributed by atoms with Crippen molar-refractivity contribution in [1.29, 1.82) is 0 Å². The van der Waals surface area contributed by atoms with E-state index in [0.717, 1.165) is 18.2 Å². The molecular formula is C33H39F2N5O7. The average molecular weight is 656 g/mol. The number of pyridine rings is 2. The van der Waals surface area contributed by atoms with Crippen LogP contribution < -0.4 is 14.5 Å². The highest BCUT2D eigenvalue weighted by Gasteiger charge is 2.36. The number of carbonyl (C=O) groups is 3. The highest BCUT2D eigenvalue weighted by Crippen LogP contribution is 2.36. The Bertz CT molecular complexity index is 1590. The van der Waals surface area contributed by atoms with Crippen molar-refractivity contribution in [2.24, 2.45) is 0 Å². The Balaban J connectivity index is 1.75.